The lowest BCUT2D eigenvalue weighted by molar-refractivity contribution is -0.118. The van der Waals surface area contributed by atoms with Crippen molar-refractivity contribution in [3.8, 4) is 0 Å². The Morgan fingerprint density at radius 2 is 1.09 bits per heavy atom. The van der Waals surface area contributed by atoms with E-state index in [2.05, 4.69) is 20.8 Å². The van der Waals surface area contributed by atoms with Crippen molar-refractivity contribution in [3.05, 3.63) is 106 Å². The lowest BCUT2D eigenvalue weighted by Gasteiger charge is -2.26. The fraction of sp³-hybridized carbons (Fsp3) is 0.0769. The van der Waals surface area contributed by atoms with Crippen LogP contribution in [0.15, 0.2) is 101 Å². The Morgan fingerprint density at radius 3 is 1.56 bits per heavy atom. The summed E-state index contributed by atoms with van der Waals surface area (Å²) in [7, 11) is 2.73. The van der Waals surface area contributed by atoms with E-state index in [1.165, 1.54) is 14.2 Å². The molecule has 5 nitrogen and oxygen atoms in total. The molecule has 6 heteroatoms. The molecule has 1 aliphatic carbocycles. The number of nitrogens with zero attached hydrogens (tertiary/aromatic N) is 1. The van der Waals surface area contributed by atoms with Crippen molar-refractivity contribution in [2.24, 2.45) is 0 Å². The van der Waals surface area contributed by atoms with Crippen molar-refractivity contribution < 1.29 is 19.1 Å². The topological polar surface area (TPSA) is 55.8 Å². The third kappa shape index (κ3) is 3.85. The molecular weight excluding hydrogens is 470 g/mol. The van der Waals surface area contributed by atoms with Crippen LogP contribution < -0.4 is 4.90 Å². The van der Waals surface area contributed by atoms with Gasteiger partial charge in [-0.1, -0.05) is 48.5 Å². The smallest absolute Gasteiger partial charge is 0.239 e. The molecule has 0 saturated heterocycles. The number of para-hydroxylation sites is 2. The fourth-order valence-electron chi connectivity index (χ4n) is 3.65. The number of allylic oxidation sites excluding steroid dienone is 2. The summed E-state index contributed by atoms with van der Waals surface area (Å²) < 4.78 is 10.5. The minimum Gasteiger partial charge on any atom is -0.492 e. The Morgan fingerprint density at radius 1 is 0.625 bits per heavy atom. The van der Waals surface area contributed by atoms with Crippen molar-refractivity contribution in [2.75, 3.05) is 19.1 Å². The van der Waals surface area contributed by atoms with E-state index in [4.69, 9.17) is 9.47 Å². The summed E-state index contributed by atoms with van der Waals surface area (Å²) in [5.74, 6) is -0.895. The third-order valence-corrected chi connectivity index (χ3v) is 5.84. The molecule has 0 N–H and O–H groups in total. The van der Waals surface area contributed by atoms with Crippen LogP contribution in [-0.2, 0) is 19.1 Å². The molecule has 160 valence electrons. The van der Waals surface area contributed by atoms with Crippen LogP contribution in [0.5, 0.6) is 0 Å². The van der Waals surface area contributed by atoms with Gasteiger partial charge in [-0.2, -0.15) is 0 Å². The molecule has 3 aromatic carbocycles. The molecular formula is C26H20BrNO4. The molecule has 32 heavy (non-hydrogen) atoms. The van der Waals surface area contributed by atoms with Gasteiger partial charge in [-0.25, -0.2) is 0 Å². The molecule has 4 rings (SSSR count). The number of carbonyl (C=O) groups is 2. The largest absolute Gasteiger partial charge is 0.492 e. The second-order valence-electron chi connectivity index (χ2n) is 6.97. The van der Waals surface area contributed by atoms with Gasteiger partial charge in [-0.3, -0.25) is 9.59 Å². The SMILES string of the molecule is COC1=C(Br)C(=O)C(OC)=C(c2ccc(N(c3ccccc3)c3ccccc3)cc2)C1=O. The highest BCUT2D eigenvalue weighted by molar-refractivity contribution is 9.12. The van der Waals surface area contributed by atoms with Crippen LogP contribution in [0.3, 0.4) is 0 Å². The first-order valence-electron chi connectivity index (χ1n) is 9.89. The standard InChI is InChI=1S/C26H20BrNO4/c1-31-25-21(23(29)26(32-2)22(27)24(25)30)17-13-15-20(16-14-17)28(18-9-5-3-6-10-18)19-11-7-4-8-12-19/h3-16H,1-2H3. The Labute approximate surface area is 194 Å². The summed E-state index contributed by atoms with van der Waals surface area (Å²) in [6.07, 6.45) is 0. The van der Waals surface area contributed by atoms with Crippen molar-refractivity contribution in [2.45, 2.75) is 0 Å². The summed E-state index contributed by atoms with van der Waals surface area (Å²) in [5.41, 5.74) is 3.65. The summed E-state index contributed by atoms with van der Waals surface area (Å²) in [5, 5.41) is 0. The van der Waals surface area contributed by atoms with Crippen LogP contribution in [0.25, 0.3) is 5.57 Å². The predicted octanol–water partition coefficient (Wildman–Crippen LogP) is 5.92. The summed E-state index contributed by atoms with van der Waals surface area (Å²) >= 11 is 3.15. The normalized spacial score (nSPS) is 14.0. The molecule has 0 heterocycles. The number of Topliss-reactive ketones (excluding diaryl/α,β-unsaturated/α-hetero) is 2. The first-order valence-corrected chi connectivity index (χ1v) is 10.7. The monoisotopic (exact) mass is 489 g/mol. The molecule has 0 fully saturated rings. The lowest BCUT2D eigenvalue weighted by atomic mass is 9.93. The zero-order valence-corrected chi connectivity index (χ0v) is 19.1. The van der Waals surface area contributed by atoms with Crippen molar-refractivity contribution >= 4 is 50.1 Å². The van der Waals surface area contributed by atoms with Crippen LogP contribution in [-0.4, -0.2) is 25.8 Å². The molecule has 0 spiro atoms. The Balaban J connectivity index is 1.79. The Bertz CT molecular complexity index is 1180. The number of hydrogen-bond acceptors (Lipinski definition) is 5. The molecule has 0 unspecified atom stereocenters. The molecule has 0 saturated carbocycles. The van der Waals surface area contributed by atoms with E-state index in [1.54, 1.807) is 12.1 Å². The fourth-order valence-corrected chi connectivity index (χ4v) is 4.17. The molecule has 0 atom stereocenters. The minimum atomic E-state index is -0.432. The van der Waals surface area contributed by atoms with Crippen molar-refractivity contribution in [1.29, 1.82) is 0 Å². The van der Waals surface area contributed by atoms with Gasteiger partial charge in [0.25, 0.3) is 0 Å². The van der Waals surface area contributed by atoms with E-state index in [9.17, 15) is 9.59 Å². The maximum Gasteiger partial charge on any atom is 0.239 e. The zero-order valence-electron chi connectivity index (χ0n) is 17.5. The molecule has 0 bridgehead atoms. The molecule has 1 aliphatic rings. The summed E-state index contributed by atoms with van der Waals surface area (Å²) in [6, 6.07) is 27.4. The van der Waals surface area contributed by atoms with Gasteiger partial charge >= 0.3 is 0 Å². The Kier molecular flexibility index (Phi) is 6.23. The molecule has 3 aromatic rings. The van der Waals surface area contributed by atoms with Gasteiger partial charge < -0.3 is 14.4 Å². The number of anilines is 3. The number of methoxy groups -OCH3 is 2. The van der Waals surface area contributed by atoms with E-state index in [-0.39, 0.29) is 21.6 Å². The van der Waals surface area contributed by atoms with E-state index < -0.39 is 11.6 Å². The number of benzene rings is 3. The van der Waals surface area contributed by atoms with Gasteiger partial charge in [-0.05, 0) is 57.9 Å². The number of hydrogen-bond donors (Lipinski definition) is 0. The highest BCUT2D eigenvalue weighted by Gasteiger charge is 2.36. The number of ether oxygens (including phenoxy) is 2. The van der Waals surface area contributed by atoms with Crippen LogP contribution >= 0.6 is 15.9 Å². The van der Waals surface area contributed by atoms with Crippen LogP contribution in [0.2, 0.25) is 0 Å². The van der Waals surface area contributed by atoms with E-state index in [0.717, 1.165) is 17.1 Å². The van der Waals surface area contributed by atoms with Crippen LogP contribution in [0.4, 0.5) is 17.1 Å². The van der Waals surface area contributed by atoms with Gasteiger partial charge in [0.2, 0.25) is 11.6 Å². The van der Waals surface area contributed by atoms with E-state index >= 15 is 0 Å². The molecule has 0 radical (unpaired) electrons. The first-order chi connectivity index (χ1) is 15.6. The first kappa shape index (κ1) is 21.6. The zero-order chi connectivity index (χ0) is 22.7. The second kappa shape index (κ2) is 9.24. The highest BCUT2D eigenvalue weighted by Crippen LogP contribution is 2.37. The van der Waals surface area contributed by atoms with Gasteiger partial charge in [0.05, 0.1) is 19.8 Å². The molecule has 0 aliphatic heterocycles. The lowest BCUT2D eigenvalue weighted by Crippen LogP contribution is -2.23. The molecule has 0 amide bonds. The van der Waals surface area contributed by atoms with Crippen molar-refractivity contribution in [3.63, 3.8) is 0 Å². The van der Waals surface area contributed by atoms with Crippen molar-refractivity contribution in [1.82, 2.24) is 0 Å². The summed E-state index contributed by atoms with van der Waals surface area (Å²) in [6.45, 7) is 0. The number of ketones is 2. The van der Waals surface area contributed by atoms with Gasteiger partial charge in [0.1, 0.15) is 4.48 Å². The quantitative estimate of drug-likeness (QED) is 0.402. The number of halogens is 1. The van der Waals surface area contributed by atoms with E-state index in [1.807, 2.05) is 72.8 Å². The third-order valence-electron chi connectivity index (χ3n) is 5.12. The second-order valence-corrected chi connectivity index (χ2v) is 7.76. The number of rotatable bonds is 6. The highest BCUT2D eigenvalue weighted by atomic mass is 79.9. The maximum absolute atomic E-state index is 13.0. The van der Waals surface area contributed by atoms with Crippen LogP contribution in [0.1, 0.15) is 5.56 Å². The maximum atomic E-state index is 13.0. The molecule has 0 aromatic heterocycles. The van der Waals surface area contributed by atoms with Gasteiger partial charge in [-0.15, -0.1) is 0 Å². The van der Waals surface area contributed by atoms with Crippen LogP contribution in [0, 0.1) is 0 Å². The Hall–Kier alpha value is -3.64. The average Bonchev–Trinajstić information content (AvgIpc) is 2.84. The predicted molar refractivity (Wildman–Crippen MR) is 128 cm³/mol. The average molecular weight is 490 g/mol. The van der Waals surface area contributed by atoms with Gasteiger partial charge in [0, 0.05) is 17.1 Å². The van der Waals surface area contributed by atoms with Gasteiger partial charge in [0.15, 0.2) is 11.5 Å². The number of carbonyl (C=O) groups excluding carboxylic acids is 2. The van der Waals surface area contributed by atoms with E-state index in [0.29, 0.717) is 5.56 Å². The minimum absolute atomic E-state index is 0.0154. The summed E-state index contributed by atoms with van der Waals surface area (Å²) in [4.78, 5) is 27.8.